The van der Waals surface area contributed by atoms with Crippen LogP contribution >= 0.6 is 15.9 Å². The molecule has 1 aromatic heterocycles. The minimum absolute atomic E-state index is 0.00460. The fraction of sp³-hybridized carbons (Fsp3) is 0.211. The highest BCUT2D eigenvalue weighted by molar-refractivity contribution is 9.10. The van der Waals surface area contributed by atoms with Crippen LogP contribution < -0.4 is 15.2 Å². The van der Waals surface area contributed by atoms with E-state index in [9.17, 15) is 9.32 Å². The summed E-state index contributed by atoms with van der Waals surface area (Å²) in [6, 6.07) is 10.6. The summed E-state index contributed by atoms with van der Waals surface area (Å²) in [6.07, 6.45) is 1.46. The van der Waals surface area contributed by atoms with Gasteiger partial charge in [0.05, 0.1) is 26.3 Å². The minimum Gasteiger partial charge on any atom is -0.488 e. The Kier molecular flexibility index (Phi) is 6.19. The average molecular weight is 465 g/mol. The molecule has 0 amide bonds. The Morgan fingerprint density at radius 3 is 2.86 bits per heavy atom. The SMILES string of the molecule is C=S(N)(=O)c1cccc(COc2cc3ncnc(NC(C)CO)c3cc2Br)c1. The van der Waals surface area contributed by atoms with Crippen LogP contribution in [0.3, 0.4) is 0 Å². The predicted molar refractivity (Wildman–Crippen MR) is 116 cm³/mol. The molecule has 0 bridgehead atoms. The molecule has 0 aliphatic rings. The molecule has 1 heterocycles. The summed E-state index contributed by atoms with van der Waals surface area (Å²) in [5.41, 5.74) is 1.53. The molecule has 7 nitrogen and oxygen atoms in total. The van der Waals surface area contributed by atoms with Crippen LogP contribution in [0, 0.1) is 0 Å². The maximum Gasteiger partial charge on any atom is 0.137 e. The zero-order valence-electron chi connectivity index (χ0n) is 15.3. The second-order valence-electron chi connectivity index (χ2n) is 6.41. The van der Waals surface area contributed by atoms with Gasteiger partial charge in [-0.2, -0.15) is 0 Å². The summed E-state index contributed by atoms with van der Waals surface area (Å²) in [7, 11) is -2.77. The molecule has 0 spiro atoms. The number of rotatable bonds is 7. The van der Waals surface area contributed by atoms with E-state index in [0.29, 0.717) is 22.0 Å². The number of hydrogen-bond donors (Lipinski definition) is 3. The maximum absolute atomic E-state index is 11.9. The van der Waals surface area contributed by atoms with Gasteiger partial charge in [-0.25, -0.2) is 14.2 Å². The first-order valence-electron chi connectivity index (χ1n) is 8.46. The minimum atomic E-state index is -2.77. The van der Waals surface area contributed by atoms with Crippen LogP contribution in [0.4, 0.5) is 5.82 Å². The smallest absolute Gasteiger partial charge is 0.137 e. The Bertz CT molecular complexity index is 1110. The molecule has 0 radical (unpaired) electrons. The third kappa shape index (κ3) is 4.79. The zero-order chi connectivity index (χ0) is 20.3. The Hall–Kier alpha value is -2.20. The Balaban J connectivity index is 1.85. The molecule has 4 N–H and O–H groups in total. The summed E-state index contributed by atoms with van der Waals surface area (Å²) >= 11 is 3.52. The van der Waals surface area contributed by atoms with Crippen LogP contribution in [0.15, 0.2) is 52.1 Å². The molecule has 2 aromatic carbocycles. The standard InChI is InChI=1S/C19H21BrN4O3S/c1-12(9-25)24-19-15-7-16(20)18(8-17(15)22-11-23-19)27-10-13-4-3-5-14(6-13)28(2,21)26/h3-8,11-12,25H,2,9-10H2,1H3,(H2,21,26)(H,22,23,24). The number of benzene rings is 2. The molecule has 0 saturated heterocycles. The fourth-order valence-corrected chi connectivity index (χ4v) is 3.69. The number of ether oxygens (including phenoxy) is 1. The molecular formula is C19H21BrN4O3S. The average Bonchev–Trinajstić information content (AvgIpc) is 2.66. The van der Waals surface area contributed by atoms with E-state index >= 15 is 0 Å². The van der Waals surface area contributed by atoms with Crippen molar-refractivity contribution in [3.8, 4) is 5.75 Å². The first-order valence-corrected chi connectivity index (χ1v) is 11.0. The highest BCUT2D eigenvalue weighted by Gasteiger charge is 2.12. The number of aliphatic hydroxyl groups excluding tert-OH is 1. The number of fused-ring (bicyclic) bond motifs is 1. The topological polar surface area (TPSA) is 110 Å². The number of aromatic nitrogens is 2. The molecule has 0 aliphatic heterocycles. The molecule has 9 heteroatoms. The van der Waals surface area contributed by atoms with Crippen molar-refractivity contribution < 1.29 is 14.1 Å². The third-order valence-corrected chi connectivity index (χ3v) is 5.71. The Morgan fingerprint density at radius 1 is 1.36 bits per heavy atom. The van der Waals surface area contributed by atoms with Gasteiger partial charge in [0, 0.05) is 22.4 Å². The van der Waals surface area contributed by atoms with E-state index in [2.05, 4.69) is 37.1 Å². The largest absolute Gasteiger partial charge is 0.488 e. The van der Waals surface area contributed by atoms with Gasteiger partial charge in [-0.05, 0) is 52.5 Å². The van der Waals surface area contributed by atoms with Crippen molar-refractivity contribution in [3.05, 3.63) is 52.8 Å². The third-order valence-electron chi connectivity index (χ3n) is 4.04. The van der Waals surface area contributed by atoms with Crippen molar-refractivity contribution in [1.82, 2.24) is 9.97 Å². The van der Waals surface area contributed by atoms with Gasteiger partial charge < -0.3 is 15.2 Å². The van der Waals surface area contributed by atoms with Crippen molar-refractivity contribution in [2.24, 2.45) is 5.14 Å². The van der Waals surface area contributed by atoms with Crippen molar-refractivity contribution in [2.75, 3.05) is 11.9 Å². The molecule has 2 atom stereocenters. The van der Waals surface area contributed by atoms with Crippen LogP contribution in [-0.4, -0.2) is 37.8 Å². The van der Waals surface area contributed by atoms with E-state index in [0.717, 1.165) is 15.4 Å². The number of nitrogens with one attached hydrogen (secondary N) is 1. The highest BCUT2D eigenvalue weighted by Crippen LogP contribution is 2.32. The first-order chi connectivity index (χ1) is 13.3. The number of hydrogen-bond acceptors (Lipinski definition) is 6. The van der Waals surface area contributed by atoms with E-state index in [-0.39, 0.29) is 19.3 Å². The van der Waals surface area contributed by atoms with Crippen LogP contribution in [0.1, 0.15) is 12.5 Å². The Morgan fingerprint density at radius 2 is 2.14 bits per heavy atom. The van der Waals surface area contributed by atoms with Crippen LogP contribution in [0.25, 0.3) is 10.9 Å². The van der Waals surface area contributed by atoms with Crippen molar-refractivity contribution in [1.29, 1.82) is 0 Å². The van der Waals surface area contributed by atoms with Crippen LogP contribution in [0.5, 0.6) is 5.75 Å². The van der Waals surface area contributed by atoms with Crippen molar-refractivity contribution >= 4 is 48.2 Å². The van der Waals surface area contributed by atoms with Gasteiger partial charge in [-0.3, -0.25) is 5.14 Å². The van der Waals surface area contributed by atoms with Crippen molar-refractivity contribution in [3.63, 3.8) is 0 Å². The highest BCUT2D eigenvalue weighted by atomic mass is 79.9. The van der Waals surface area contributed by atoms with Gasteiger partial charge in [0.2, 0.25) is 0 Å². The van der Waals surface area contributed by atoms with Gasteiger partial charge in [0.25, 0.3) is 0 Å². The lowest BCUT2D eigenvalue weighted by atomic mass is 10.2. The lowest BCUT2D eigenvalue weighted by Crippen LogP contribution is -2.20. The summed E-state index contributed by atoms with van der Waals surface area (Å²) in [4.78, 5) is 9.03. The molecule has 0 saturated carbocycles. The van der Waals surface area contributed by atoms with Gasteiger partial charge in [-0.1, -0.05) is 12.1 Å². The van der Waals surface area contributed by atoms with E-state index in [1.165, 1.54) is 6.33 Å². The number of anilines is 1. The zero-order valence-corrected chi connectivity index (χ0v) is 17.7. The van der Waals surface area contributed by atoms with Gasteiger partial charge >= 0.3 is 0 Å². The second kappa shape index (κ2) is 8.44. The monoisotopic (exact) mass is 464 g/mol. The molecule has 148 valence electrons. The first kappa shape index (κ1) is 20.5. The Labute approximate surface area is 172 Å². The molecule has 28 heavy (non-hydrogen) atoms. The van der Waals surface area contributed by atoms with E-state index in [4.69, 9.17) is 9.88 Å². The number of nitrogens with two attached hydrogens (primary N) is 1. The van der Waals surface area contributed by atoms with E-state index in [1.807, 2.05) is 25.1 Å². The number of nitrogens with zero attached hydrogens (tertiary/aromatic N) is 2. The van der Waals surface area contributed by atoms with E-state index in [1.54, 1.807) is 18.2 Å². The maximum atomic E-state index is 11.9. The predicted octanol–water partition coefficient (Wildman–Crippen LogP) is 2.71. The molecule has 0 fully saturated rings. The van der Waals surface area contributed by atoms with Gasteiger partial charge in [0.1, 0.15) is 24.5 Å². The number of halogens is 1. The number of aliphatic hydroxyl groups is 1. The molecule has 3 aromatic rings. The quantitative estimate of drug-likeness (QED) is 0.463. The summed E-state index contributed by atoms with van der Waals surface area (Å²) in [6.45, 7) is 2.13. The molecular weight excluding hydrogens is 444 g/mol. The van der Waals surface area contributed by atoms with Crippen molar-refractivity contribution in [2.45, 2.75) is 24.5 Å². The lowest BCUT2D eigenvalue weighted by molar-refractivity contribution is 0.281. The normalized spacial score (nSPS) is 14.4. The second-order valence-corrected chi connectivity index (χ2v) is 9.19. The van der Waals surface area contributed by atoms with E-state index < -0.39 is 9.71 Å². The van der Waals surface area contributed by atoms with Gasteiger partial charge in [0.15, 0.2) is 0 Å². The van der Waals surface area contributed by atoms with Crippen LogP contribution in [-0.2, 0) is 16.3 Å². The summed E-state index contributed by atoms with van der Waals surface area (Å²) in [5.74, 6) is 4.76. The molecule has 3 rings (SSSR count). The molecule has 0 aliphatic carbocycles. The lowest BCUT2D eigenvalue weighted by Gasteiger charge is -2.15. The summed E-state index contributed by atoms with van der Waals surface area (Å²) < 4.78 is 18.6. The van der Waals surface area contributed by atoms with Gasteiger partial charge in [-0.15, -0.1) is 0 Å². The fourth-order valence-electron chi connectivity index (χ4n) is 2.57. The summed E-state index contributed by atoms with van der Waals surface area (Å²) in [5, 5.41) is 18.8. The van der Waals surface area contributed by atoms with Crippen LogP contribution in [0.2, 0.25) is 0 Å². The molecule has 2 unspecified atom stereocenters.